The minimum Gasteiger partial charge on any atom is -0.481 e. The van der Waals surface area contributed by atoms with Gasteiger partial charge in [0.05, 0.1) is 13.2 Å². The largest absolute Gasteiger partial charge is 0.481 e. The Morgan fingerprint density at radius 1 is 1.08 bits per heavy atom. The highest BCUT2D eigenvalue weighted by Gasteiger charge is 2.26. The molecule has 0 aliphatic heterocycles. The summed E-state index contributed by atoms with van der Waals surface area (Å²) in [5.74, 6) is -1.77. The summed E-state index contributed by atoms with van der Waals surface area (Å²) < 4.78 is 28.0. The van der Waals surface area contributed by atoms with E-state index in [1.165, 1.54) is 31.2 Å². The molecule has 1 N–H and O–H groups in total. The van der Waals surface area contributed by atoms with E-state index in [0.717, 1.165) is 0 Å². The normalized spacial score (nSPS) is 12.6. The van der Waals surface area contributed by atoms with Crippen LogP contribution in [0.25, 0.3) is 0 Å². The highest BCUT2D eigenvalue weighted by molar-refractivity contribution is 5.87. The number of nitrogens with one attached hydrogen (secondary N) is 1. The van der Waals surface area contributed by atoms with Gasteiger partial charge in [0.15, 0.2) is 6.10 Å². The zero-order valence-corrected chi connectivity index (χ0v) is 15.1. The molecule has 0 bridgehead atoms. The van der Waals surface area contributed by atoms with Gasteiger partial charge in [-0.05, 0) is 51.5 Å². The molecule has 144 valence electrons. The van der Waals surface area contributed by atoms with Gasteiger partial charge in [-0.1, -0.05) is 0 Å². The molecule has 1 rings (SSSR count). The van der Waals surface area contributed by atoms with Gasteiger partial charge in [0.1, 0.15) is 17.6 Å². The molecule has 1 aromatic carbocycles. The second kappa shape index (κ2) is 11.1. The van der Waals surface area contributed by atoms with Crippen LogP contribution in [0.1, 0.15) is 33.6 Å². The Hall–Kier alpha value is -2.64. The third kappa shape index (κ3) is 7.50. The van der Waals surface area contributed by atoms with Crippen LogP contribution >= 0.6 is 0 Å². The van der Waals surface area contributed by atoms with Crippen molar-refractivity contribution >= 4 is 17.8 Å². The van der Waals surface area contributed by atoms with Crippen molar-refractivity contribution in [3.8, 4) is 5.75 Å². The van der Waals surface area contributed by atoms with Crippen LogP contribution in [0.15, 0.2) is 24.3 Å². The van der Waals surface area contributed by atoms with Crippen LogP contribution < -0.4 is 10.1 Å². The van der Waals surface area contributed by atoms with Crippen molar-refractivity contribution in [3.05, 3.63) is 30.1 Å². The van der Waals surface area contributed by atoms with E-state index in [0.29, 0.717) is 5.75 Å². The van der Waals surface area contributed by atoms with Crippen molar-refractivity contribution in [3.63, 3.8) is 0 Å². The number of hydrogen-bond acceptors (Lipinski definition) is 6. The molecule has 0 spiro atoms. The number of benzene rings is 1. The Labute approximate surface area is 151 Å². The molecule has 2 atom stereocenters. The van der Waals surface area contributed by atoms with E-state index in [9.17, 15) is 18.8 Å². The van der Waals surface area contributed by atoms with Crippen molar-refractivity contribution < 1.29 is 33.0 Å². The summed E-state index contributed by atoms with van der Waals surface area (Å²) in [4.78, 5) is 35.7. The Balaban J connectivity index is 2.65. The molecular formula is C18H24FNO6. The molecule has 7 nitrogen and oxygen atoms in total. The van der Waals surface area contributed by atoms with Gasteiger partial charge >= 0.3 is 11.9 Å². The maximum Gasteiger partial charge on any atom is 0.328 e. The average molecular weight is 369 g/mol. The predicted molar refractivity (Wildman–Crippen MR) is 90.9 cm³/mol. The van der Waals surface area contributed by atoms with Gasteiger partial charge in [0.2, 0.25) is 0 Å². The quantitative estimate of drug-likeness (QED) is 0.634. The Morgan fingerprint density at radius 2 is 1.69 bits per heavy atom. The fourth-order valence-corrected chi connectivity index (χ4v) is 2.05. The first-order chi connectivity index (χ1) is 12.4. The molecule has 0 aliphatic rings. The molecule has 26 heavy (non-hydrogen) atoms. The average Bonchev–Trinajstić information content (AvgIpc) is 2.60. The highest BCUT2D eigenvalue weighted by Crippen LogP contribution is 2.13. The minimum absolute atomic E-state index is 0.0369. The molecule has 0 fully saturated rings. The van der Waals surface area contributed by atoms with E-state index in [4.69, 9.17) is 14.2 Å². The zero-order chi connectivity index (χ0) is 19.5. The number of ether oxygens (including phenoxy) is 3. The van der Waals surface area contributed by atoms with Crippen LogP contribution in [0.3, 0.4) is 0 Å². The maximum atomic E-state index is 12.9. The van der Waals surface area contributed by atoms with Gasteiger partial charge in [0.25, 0.3) is 5.91 Å². The molecule has 0 heterocycles. The molecular weight excluding hydrogens is 345 g/mol. The van der Waals surface area contributed by atoms with Gasteiger partial charge in [-0.2, -0.15) is 0 Å². The Kier molecular flexibility index (Phi) is 9.11. The summed E-state index contributed by atoms with van der Waals surface area (Å²) in [5.41, 5.74) is 0. The molecule has 1 amide bonds. The first-order valence-electron chi connectivity index (χ1n) is 8.42. The first-order valence-corrected chi connectivity index (χ1v) is 8.42. The number of carbonyl (C=O) groups is 3. The summed E-state index contributed by atoms with van der Waals surface area (Å²) in [6.07, 6.45) is -0.919. The molecule has 1 aromatic rings. The second-order valence-corrected chi connectivity index (χ2v) is 5.37. The number of rotatable bonds is 10. The van der Waals surface area contributed by atoms with Crippen LogP contribution in [-0.2, 0) is 23.9 Å². The summed E-state index contributed by atoms with van der Waals surface area (Å²) in [6, 6.07) is 4.21. The zero-order valence-electron chi connectivity index (χ0n) is 15.1. The third-order valence-corrected chi connectivity index (χ3v) is 3.33. The molecule has 0 aliphatic carbocycles. The second-order valence-electron chi connectivity index (χ2n) is 5.37. The number of carbonyl (C=O) groups excluding carboxylic acids is 3. The van der Waals surface area contributed by atoms with Gasteiger partial charge < -0.3 is 19.5 Å². The molecule has 0 saturated carbocycles. The van der Waals surface area contributed by atoms with Crippen LogP contribution in [0.5, 0.6) is 5.75 Å². The van der Waals surface area contributed by atoms with E-state index in [1.807, 2.05) is 0 Å². The number of esters is 2. The van der Waals surface area contributed by atoms with E-state index in [-0.39, 0.29) is 26.1 Å². The summed E-state index contributed by atoms with van der Waals surface area (Å²) in [6.45, 7) is 5.19. The van der Waals surface area contributed by atoms with Gasteiger partial charge in [0, 0.05) is 6.42 Å². The molecule has 2 unspecified atom stereocenters. The van der Waals surface area contributed by atoms with E-state index in [1.54, 1.807) is 13.8 Å². The topological polar surface area (TPSA) is 90.9 Å². The van der Waals surface area contributed by atoms with Gasteiger partial charge in [-0.25, -0.2) is 9.18 Å². The predicted octanol–water partition coefficient (Wildman–Crippen LogP) is 1.98. The van der Waals surface area contributed by atoms with Crippen LogP contribution in [0.2, 0.25) is 0 Å². The smallest absolute Gasteiger partial charge is 0.328 e. The van der Waals surface area contributed by atoms with Gasteiger partial charge in [-0.3, -0.25) is 9.59 Å². The standard InChI is InChI=1S/C18H24FNO6/c1-4-24-16(21)11-10-15(18(23)25-5-2)20-17(22)12(3)26-14-8-6-13(19)7-9-14/h6-9,12,15H,4-5,10-11H2,1-3H3,(H,20,22). The monoisotopic (exact) mass is 369 g/mol. The van der Waals surface area contributed by atoms with E-state index in [2.05, 4.69) is 5.32 Å². The Bertz CT molecular complexity index is 604. The highest BCUT2D eigenvalue weighted by atomic mass is 19.1. The van der Waals surface area contributed by atoms with Crippen LogP contribution in [0, 0.1) is 5.82 Å². The van der Waals surface area contributed by atoms with E-state index >= 15 is 0 Å². The van der Waals surface area contributed by atoms with E-state index < -0.39 is 35.8 Å². The van der Waals surface area contributed by atoms with Crippen molar-refractivity contribution in [2.45, 2.75) is 45.8 Å². The lowest BCUT2D eigenvalue weighted by molar-refractivity contribution is -0.149. The van der Waals surface area contributed by atoms with Crippen molar-refractivity contribution in [1.29, 1.82) is 0 Å². The van der Waals surface area contributed by atoms with Crippen molar-refractivity contribution in [1.82, 2.24) is 5.32 Å². The number of halogens is 1. The Morgan fingerprint density at radius 3 is 2.27 bits per heavy atom. The molecule has 0 radical (unpaired) electrons. The van der Waals surface area contributed by atoms with Crippen LogP contribution in [0.4, 0.5) is 4.39 Å². The van der Waals surface area contributed by atoms with Crippen LogP contribution in [-0.4, -0.2) is 43.2 Å². The molecule has 8 heteroatoms. The van der Waals surface area contributed by atoms with Crippen molar-refractivity contribution in [2.75, 3.05) is 13.2 Å². The van der Waals surface area contributed by atoms with Crippen molar-refractivity contribution in [2.24, 2.45) is 0 Å². The minimum atomic E-state index is -0.994. The fourth-order valence-electron chi connectivity index (χ4n) is 2.05. The van der Waals surface area contributed by atoms with Gasteiger partial charge in [-0.15, -0.1) is 0 Å². The maximum absolute atomic E-state index is 12.9. The lowest BCUT2D eigenvalue weighted by atomic mass is 10.1. The summed E-state index contributed by atoms with van der Waals surface area (Å²) in [7, 11) is 0. The summed E-state index contributed by atoms with van der Waals surface area (Å²) >= 11 is 0. The lowest BCUT2D eigenvalue weighted by Gasteiger charge is -2.20. The SMILES string of the molecule is CCOC(=O)CCC(NC(=O)C(C)Oc1ccc(F)cc1)C(=O)OCC. The number of hydrogen-bond donors (Lipinski definition) is 1. The first kappa shape index (κ1) is 21.4. The fraction of sp³-hybridized carbons (Fsp3) is 0.500. The summed E-state index contributed by atoms with van der Waals surface area (Å²) in [5, 5.41) is 2.51. The molecule has 0 aromatic heterocycles. The number of amides is 1. The third-order valence-electron chi connectivity index (χ3n) is 3.33. The molecule has 0 saturated heterocycles. The lowest BCUT2D eigenvalue weighted by Crippen LogP contribution is -2.47.